The average Bonchev–Trinajstić information content (AvgIpc) is 2.30. The molecule has 0 heterocycles. The first-order valence-corrected chi connectivity index (χ1v) is 6.25. The first kappa shape index (κ1) is 13.0. The molecular formula is C13H18ClNO. The molecule has 0 aromatic heterocycles. The quantitative estimate of drug-likeness (QED) is 0.597. The number of benzene rings is 1. The van der Waals surface area contributed by atoms with Crippen molar-refractivity contribution < 1.29 is 4.79 Å². The van der Waals surface area contributed by atoms with E-state index in [1.165, 1.54) is 5.56 Å². The standard InChI is InChI=1S/C13H18ClNO/c1-2-11-7-3-4-8-12(11)15-13(16)9-5-6-10-14/h3-4,7-8H,2,5-6,9-10H2,1H3,(H,15,16). The van der Waals surface area contributed by atoms with Crippen LogP contribution >= 0.6 is 11.6 Å². The normalized spacial score (nSPS) is 10.1. The molecule has 1 rings (SSSR count). The molecule has 2 nitrogen and oxygen atoms in total. The lowest BCUT2D eigenvalue weighted by Crippen LogP contribution is -2.12. The van der Waals surface area contributed by atoms with Gasteiger partial charge in [-0.1, -0.05) is 25.1 Å². The van der Waals surface area contributed by atoms with Crippen LogP contribution in [0.3, 0.4) is 0 Å². The van der Waals surface area contributed by atoms with Crippen molar-refractivity contribution in [2.75, 3.05) is 11.2 Å². The molecule has 3 heteroatoms. The van der Waals surface area contributed by atoms with E-state index in [4.69, 9.17) is 11.6 Å². The van der Waals surface area contributed by atoms with E-state index in [1.807, 2.05) is 24.3 Å². The molecule has 0 fully saturated rings. The Hall–Kier alpha value is -1.02. The van der Waals surface area contributed by atoms with Crippen LogP contribution in [-0.4, -0.2) is 11.8 Å². The fraction of sp³-hybridized carbons (Fsp3) is 0.462. The fourth-order valence-electron chi connectivity index (χ4n) is 1.54. The summed E-state index contributed by atoms with van der Waals surface area (Å²) in [6.07, 6.45) is 3.22. The Morgan fingerprint density at radius 1 is 1.31 bits per heavy atom. The number of rotatable bonds is 6. The van der Waals surface area contributed by atoms with E-state index in [2.05, 4.69) is 12.2 Å². The van der Waals surface area contributed by atoms with Crippen LogP contribution in [0, 0.1) is 0 Å². The minimum absolute atomic E-state index is 0.0750. The van der Waals surface area contributed by atoms with Crippen LogP contribution < -0.4 is 5.32 Å². The molecule has 0 spiro atoms. The van der Waals surface area contributed by atoms with Crippen molar-refractivity contribution in [1.29, 1.82) is 0 Å². The molecule has 88 valence electrons. The van der Waals surface area contributed by atoms with Crippen molar-refractivity contribution >= 4 is 23.2 Å². The maximum Gasteiger partial charge on any atom is 0.224 e. The SMILES string of the molecule is CCc1ccccc1NC(=O)CCCCCl. The number of amides is 1. The highest BCUT2D eigenvalue weighted by Crippen LogP contribution is 2.15. The lowest BCUT2D eigenvalue weighted by Gasteiger charge is -2.09. The van der Waals surface area contributed by atoms with Crippen LogP contribution in [0.15, 0.2) is 24.3 Å². The van der Waals surface area contributed by atoms with E-state index in [9.17, 15) is 4.79 Å². The van der Waals surface area contributed by atoms with Crippen molar-refractivity contribution in [3.8, 4) is 0 Å². The van der Waals surface area contributed by atoms with E-state index in [0.29, 0.717) is 12.3 Å². The summed E-state index contributed by atoms with van der Waals surface area (Å²) in [6.45, 7) is 2.08. The average molecular weight is 240 g/mol. The molecule has 0 aliphatic carbocycles. The molecule has 0 aliphatic heterocycles. The first-order chi connectivity index (χ1) is 7.77. The maximum absolute atomic E-state index is 11.6. The topological polar surface area (TPSA) is 29.1 Å². The van der Waals surface area contributed by atoms with E-state index in [1.54, 1.807) is 0 Å². The van der Waals surface area contributed by atoms with Gasteiger partial charge >= 0.3 is 0 Å². The molecule has 0 unspecified atom stereocenters. The van der Waals surface area contributed by atoms with Crippen LogP contribution in [0.1, 0.15) is 31.7 Å². The number of aryl methyl sites for hydroxylation is 1. The van der Waals surface area contributed by atoms with Crippen molar-refractivity contribution in [3.63, 3.8) is 0 Å². The lowest BCUT2D eigenvalue weighted by atomic mass is 10.1. The number of nitrogens with one attached hydrogen (secondary N) is 1. The van der Waals surface area contributed by atoms with Gasteiger partial charge in [-0.25, -0.2) is 0 Å². The number of carbonyl (C=O) groups is 1. The van der Waals surface area contributed by atoms with Gasteiger partial charge < -0.3 is 5.32 Å². The summed E-state index contributed by atoms with van der Waals surface area (Å²) in [5, 5.41) is 2.94. The van der Waals surface area contributed by atoms with Gasteiger partial charge in [-0.05, 0) is 30.9 Å². The minimum atomic E-state index is 0.0750. The Bertz CT molecular complexity index is 338. The Labute approximate surface area is 102 Å². The van der Waals surface area contributed by atoms with Gasteiger partial charge in [0.15, 0.2) is 0 Å². The van der Waals surface area contributed by atoms with Gasteiger partial charge in [0.2, 0.25) is 5.91 Å². The second kappa shape index (κ2) is 7.29. The fourth-order valence-corrected chi connectivity index (χ4v) is 1.73. The number of alkyl halides is 1. The van der Waals surface area contributed by atoms with E-state index in [-0.39, 0.29) is 5.91 Å². The highest BCUT2D eigenvalue weighted by molar-refractivity contribution is 6.17. The molecular weight excluding hydrogens is 222 g/mol. The zero-order chi connectivity index (χ0) is 11.8. The van der Waals surface area contributed by atoms with E-state index >= 15 is 0 Å². The van der Waals surface area contributed by atoms with E-state index < -0.39 is 0 Å². The Kier molecular flexibility index (Phi) is 5.94. The summed E-state index contributed by atoms with van der Waals surface area (Å²) >= 11 is 5.56. The van der Waals surface area contributed by atoms with Gasteiger partial charge in [0.25, 0.3) is 0 Å². The van der Waals surface area contributed by atoms with Crippen molar-refractivity contribution in [2.45, 2.75) is 32.6 Å². The Balaban J connectivity index is 2.49. The molecule has 1 amide bonds. The monoisotopic (exact) mass is 239 g/mol. The smallest absolute Gasteiger partial charge is 0.224 e. The van der Waals surface area contributed by atoms with Crippen molar-refractivity contribution in [2.24, 2.45) is 0 Å². The number of unbranched alkanes of at least 4 members (excludes halogenated alkanes) is 1. The molecule has 1 N–H and O–H groups in total. The highest BCUT2D eigenvalue weighted by atomic mass is 35.5. The van der Waals surface area contributed by atoms with Crippen LogP contribution in [0.4, 0.5) is 5.69 Å². The zero-order valence-electron chi connectivity index (χ0n) is 9.63. The molecule has 1 aromatic carbocycles. The lowest BCUT2D eigenvalue weighted by molar-refractivity contribution is -0.116. The summed E-state index contributed by atoms with van der Waals surface area (Å²) < 4.78 is 0. The van der Waals surface area contributed by atoms with Gasteiger partial charge in [0.1, 0.15) is 0 Å². The summed E-state index contributed by atoms with van der Waals surface area (Å²) in [5.74, 6) is 0.699. The van der Waals surface area contributed by atoms with Crippen molar-refractivity contribution in [1.82, 2.24) is 0 Å². The molecule has 0 aliphatic rings. The molecule has 16 heavy (non-hydrogen) atoms. The second-order valence-corrected chi connectivity index (χ2v) is 4.08. The number of halogens is 1. The molecule has 0 atom stereocenters. The predicted molar refractivity (Wildman–Crippen MR) is 69.0 cm³/mol. The van der Waals surface area contributed by atoms with Crippen LogP contribution in [0.5, 0.6) is 0 Å². The summed E-state index contributed by atoms with van der Waals surface area (Å²) in [5.41, 5.74) is 2.11. The third-order valence-electron chi connectivity index (χ3n) is 2.46. The Morgan fingerprint density at radius 2 is 2.06 bits per heavy atom. The third kappa shape index (κ3) is 4.23. The maximum atomic E-state index is 11.6. The van der Waals surface area contributed by atoms with Gasteiger partial charge in [0, 0.05) is 18.0 Å². The molecule has 0 saturated heterocycles. The van der Waals surface area contributed by atoms with Crippen LogP contribution in [0.25, 0.3) is 0 Å². The second-order valence-electron chi connectivity index (χ2n) is 3.70. The van der Waals surface area contributed by atoms with Gasteiger partial charge in [0.05, 0.1) is 0 Å². The van der Waals surface area contributed by atoms with Crippen LogP contribution in [-0.2, 0) is 11.2 Å². The third-order valence-corrected chi connectivity index (χ3v) is 2.73. The molecule has 0 radical (unpaired) electrons. The van der Waals surface area contributed by atoms with Gasteiger partial charge in [-0.15, -0.1) is 11.6 Å². The number of carbonyl (C=O) groups excluding carboxylic acids is 1. The highest BCUT2D eigenvalue weighted by Gasteiger charge is 2.04. The first-order valence-electron chi connectivity index (χ1n) is 5.71. The van der Waals surface area contributed by atoms with E-state index in [0.717, 1.165) is 24.9 Å². The minimum Gasteiger partial charge on any atom is -0.326 e. The van der Waals surface area contributed by atoms with Crippen molar-refractivity contribution in [3.05, 3.63) is 29.8 Å². The van der Waals surface area contributed by atoms with Gasteiger partial charge in [-0.3, -0.25) is 4.79 Å². The van der Waals surface area contributed by atoms with Crippen LogP contribution in [0.2, 0.25) is 0 Å². The largest absolute Gasteiger partial charge is 0.326 e. The summed E-state index contributed by atoms with van der Waals surface area (Å²) in [4.78, 5) is 11.6. The Morgan fingerprint density at radius 3 is 2.75 bits per heavy atom. The predicted octanol–water partition coefficient (Wildman–Crippen LogP) is 3.60. The molecule has 0 saturated carbocycles. The molecule has 1 aromatic rings. The van der Waals surface area contributed by atoms with Gasteiger partial charge in [-0.2, -0.15) is 0 Å². The number of hydrogen-bond donors (Lipinski definition) is 1. The number of para-hydroxylation sites is 1. The zero-order valence-corrected chi connectivity index (χ0v) is 10.4. The number of anilines is 1. The summed E-state index contributed by atoms with van der Waals surface area (Å²) in [7, 11) is 0. The molecule has 0 bridgehead atoms. The summed E-state index contributed by atoms with van der Waals surface area (Å²) in [6, 6.07) is 7.90. The number of hydrogen-bond acceptors (Lipinski definition) is 1.